The van der Waals surface area contributed by atoms with E-state index in [2.05, 4.69) is 10.0 Å². The Morgan fingerprint density at radius 3 is 2.22 bits per heavy atom. The van der Waals surface area contributed by atoms with Gasteiger partial charge < -0.3 is 10.1 Å². The fourth-order valence-electron chi connectivity index (χ4n) is 2.94. The second-order valence-electron chi connectivity index (χ2n) is 7.11. The number of carbonyl (C=O) groups is 1. The van der Waals surface area contributed by atoms with Crippen molar-refractivity contribution in [3.8, 4) is 5.75 Å². The second kappa shape index (κ2) is 10.3. The number of amides is 1. The van der Waals surface area contributed by atoms with Crippen LogP contribution in [0.2, 0.25) is 10.0 Å². The van der Waals surface area contributed by atoms with Crippen molar-refractivity contribution in [1.82, 2.24) is 0 Å². The summed E-state index contributed by atoms with van der Waals surface area (Å²) in [5.74, 6) is 0.289. The molecule has 3 aromatic carbocycles. The van der Waals surface area contributed by atoms with Crippen LogP contribution >= 0.6 is 23.2 Å². The van der Waals surface area contributed by atoms with Gasteiger partial charge in [-0.05, 0) is 73.5 Å². The van der Waals surface area contributed by atoms with Crippen molar-refractivity contribution in [2.75, 3.05) is 10.0 Å². The molecule has 32 heavy (non-hydrogen) atoms. The first-order valence-corrected chi connectivity index (χ1v) is 12.0. The molecule has 1 amide bonds. The normalized spacial score (nSPS) is 12.1. The summed E-state index contributed by atoms with van der Waals surface area (Å²) in [5.41, 5.74) is 1.73. The van der Waals surface area contributed by atoms with Crippen molar-refractivity contribution >= 4 is 50.5 Å². The van der Waals surface area contributed by atoms with Crippen LogP contribution < -0.4 is 14.8 Å². The van der Waals surface area contributed by atoms with Crippen LogP contribution in [0.5, 0.6) is 5.75 Å². The van der Waals surface area contributed by atoms with Crippen LogP contribution in [0.3, 0.4) is 0 Å². The highest BCUT2D eigenvalue weighted by molar-refractivity contribution is 7.92. The summed E-state index contributed by atoms with van der Waals surface area (Å²) < 4.78 is 33.5. The molecule has 0 aromatic heterocycles. The van der Waals surface area contributed by atoms with Crippen molar-refractivity contribution in [3.63, 3.8) is 0 Å². The molecule has 168 valence electrons. The van der Waals surface area contributed by atoms with E-state index in [0.29, 0.717) is 27.9 Å². The molecule has 0 bridgehead atoms. The zero-order chi connectivity index (χ0) is 23.3. The van der Waals surface area contributed by atoms with Crippen LogP contribution in [0.25, 0.3) is 0 Å². The van der Waals surface area contributed by atoms with Gasteiger partial charge in [0.1, 0.15) is 5.75 Å². The van der Waals surface area contributed by atoms with Crippen LogP contribution in [-0.4, -0.2) is 20.4 Å². The van der Waals surface area contributed by atoms with Gasteiger partial charge in [-0.1, -0.05) is 42.3 Å². The van der Waals surface area contributed by atoms with E-state index in [1.807, 2.05) is 32.0 Å². The van der Waals surface area contributed by atoms with Crippen LogP contribution in [-0.2, 0) is 14.8 Å². The highest BCUT2D eigenvalue weighted by Crippen LogP contribution is 2.25. The second-order valence-corrected chi connectivity index (χ2v) is 9.66. The number of benzene rings is 3. The Bertz CT molecular complexity index is 1190. The third-order valence-electron chi connectivity index (χ3n) is 4.48. The smallest absolute Gasteiger partial charge is 0.265 e. The first-order valence-electron chi connectivity index (χ1n) is 9.79. The molecule has 0 aliphatic carbocycles. The number of aryl methyl sites for hydroxylation is 1. The molecule has 0 unspecified atom stereocenters. The Kier molecular flexibility index (Phi) is 7.66. The van der Waals surface area contributed by atoms with Gasteiger partial charge in [0.15, 0.2) is 6.10 Å². The lowest BCUT2D eigenvalue weighted by molar-refractivity contribution is -0.122. The molecule has 0 aliphatic rings. The topological polar surface area (TPSA) is 84.5 Å². The summed E-state index contributed by atoms with van der Waals surface area (Å²) in [7, 11) is -3.86. The standard InChI is InChI=1S/C23H22Cl2N2O4S/c1-3-22(31-20-6-4-5-15(2)11-20)23(28)26-18-7-9-21(10-8-18)32(29,30)27-19-13-16(24)12-17(25)14-19/h4-14,22,27H,3H2,1-2H3,(H,26,28)/t22-/m0/s1. The van der Waals surface area contributed by atoms with E-state index in [1.54, 1.807) is 6.07 Å². The average molecular weight is 493 g/mol. The molecule has 9 heteroatoms. The molecule has 6 nitrogen and oxygen atoms in total. The minimum Gasteiger partial charge on any atom is -0.481 e. The fourth-order valence-corrected chi connectivity index (χ4v) is 4.51. The number of rotatable bonds is 8. The van der Waals surface area contributed by atoms with Gasteiger partial charge in [0, 0.05) is 15.7 Å². The molecule has 0 spiro atoms. The molecule has 3 rings (SSSR count). The van der Waals surface area contributed by atoms with Crippen molar-refractivity contribution in [3.05, 3.63) is 82.3 Å². The summed E-state index contributed by atoms with van der Waals surface area (Å²) in [5, 5.41) is 3.38. The van der Waals surface area contributed by atoms with E-state index >= 15 is 0 Å². The van der Waals surface area contributed by atoms with Gasteiger partial charge in [-0.2, -0.15) is 0 Å². The van der Waals surface area contributed by atoms with Crippen molar-refractivity contribution in [2.24, 2.45) is 0 Å². The van der Waals surface area contributed by atoms with Gasteiger partial charge in [-0.25, -0.2) is 8.42 Å². The average Bonchev–Trinajstić information content (AvgIpc) is 2.71. The number of sulfonamides is 1. The number of carbonyl (C=O) groups excluding carboxylic acids is 1. The zero-order valence-corrected chi connectivity index (χ0v) is 19.8. The Labute approximate surface area is 197 Å². The molecule has 0 aliphatic heterocycles. The molecular formula is C23H22Cl2N2O4S. The van der Waals surface area contributed by atoms with Crippen molar-refractivity contribution < 1.29 is 17.9 Å². The van der Waals surface area contributed by atoms with E-state index in [1.165, 1.54) is 42.5 Å². The van der Waals surface area contributed by atoms with E-state index in [9.17, 15) is 13.2 Å². The summed E-state index contributed by atoms with van der Waals surface area (Å²) in [6.45, 7) is 3.79. The van der Waals surface area contributed by atoms with Crippen LogP contribution in [0.4, 0.5) is 11.4 Å². The Balaban J connectivity index is 1.68. The van der Waals surface area contributed by atoms with Crippen LogP contribution in [0.15, 0.2) is 71.6 Å². The lowest BCUT2D eigenvalue weighted by Gasteiger charge is -2.18. The van der Waals surface area contributed by atoms with Gasteiger partial charge in [0.25, 0.3) is 15.9 Å². The number of ether oxygens (including phenoxy) is 1. The Morgan fingerprint density at radius 1 is 0.969 bits per heavy atom. The number of hydrogen-bond donors (Lipinski definition) is 2. The Morgan fingerprint density at radius 2 is 1.62 bits per heavy atom. The van der Waals surface area contributed by atoms with Gasteiger partial charge in [-0.3, -0.25) is 9.52 Å². The lowest BCUT2D eigenvalue weighted by Crippen LogP contribution is -2.32. The molecule has 0 saturated carbocycles. The van der Waals surface area contributed by atoms with Crippen molar-refractivity contribution in [1.29, 1.82) is 0 Å². The molecule has 3 aromatic rings. The molecule has 1 atom stereocenters. The third kappa shape index (κ3) is 6.38. The van der Waals surface area contributed by atoms with Crippen molar-refractivity contribution in [2.45, 2.75) is 31.3 Å². The Hall–Kier alpha value is -2.74. The first-order chi connectivity index (χ1) is 15.2. The molecule has 0 saturated heterocycles. The highest BCUT2D eigenvalue weighted by Gasteiger charge is 2.20. The molecule has 0 fully saturated rings. The van der Waals surface area contributed by atoms with Gasteiger partial charge >= 0.3 is 0 Å². The SMILES string of the molecule is CC[C@H](Oc1cccc(C)c1)C(=O)Nc1ccc(S(=O)(=O)Nc2cc(Cl)cc(Cl)c2)cc1. The minimum atomic E-state index is -3.86. The van der Waals surface area contributed by atoms with Crippen LogP contribution in [0, 0.1) is 6.92 Å². The third-order valence-corrected chi connectivity index (χ3v) is 6.31. The minimum absolute atomic E-state index is 0.0228. The first kappa shape index (κ1) is 23.9. The summed E-state index contributed by atoms with van der Waals surface area (Å²) in [6.07, 6.45) is -0.215. The molecular weight excluding hydrogens is 471 g/mol. The monoisotopic (exact) mass is 492 g/mol. The quantitative estimate of drug-likeness (QED) is 0.409. The van der Waals surface area contributed by atoms with E-state index in [0.717, 1.165) is 5.56 Å². The maximum atomic E-state index is 12.6. The maximum absolute atomic E-state index is 12.6. The van der Waals surface area contributed by atoms with Crippen LogP contribution in [0.1, 0.15) is 18.9 Å². The summed E-state index contributed by atoms with van der Waals surface area (Å²) in [4.78, 5) is 12.7. The largest absolute Gasteiger partial charge is 0.481 e. The predicted octanol–water partition coefficient (Wildman–Crippen LogP) is 5.90. The number of nitrogens with one attached hydrogen (secondary N) is 2. The van der Waals surface area contributed by atoms with E-state index in [4.69, 9.17) is 27.9 Å². The van der Waals surface area contributed by atoms with Gasteiger partial charge in [0.2, 0.25) is 0 Å². The molecule has 0 radical (unpaired) electrons. The van der Waals surface area contributed by atoms with Gasteiger partial charge in [0.05, 0.1) is 10.6 Å². The maximum Gasteiger partial charge on any atom is 0.265 e. The summed E-state index contributed by atoms with van der Waals surface area (Å²) >= 11 is 11.8. The lowest BCUT2D eigenvalue weighted by atomic mass is 10.2. The van der Waals surface area contributed by atoms with Gasteiger partial charge in [-0.15, -0.1) is 0 Å². The zero-order valence-electron chi connectivity index (χ0n) is 17.4. The highest BCUT2D eigenvalue weighted by atomic mass is 35.5. The molecule has 2 N–H and O–H groups in total. The number of hydrogen-bond acceptors (Lipinski definition) is 4. The van der Waals surface area contributed by atoms with E-state index < -0.39 is 16.1 Å². The fraction of sp³-hybridized carbons (Fsp3) is 0.174. The molecule has 0 heterocycles. The summed E-state index contributed by atoms with van der Waals surface area (Å²) in [6, 6.07) is 17.7. The number of anilines is 2. The predicted molar refractivity (Wildman–Crippen MR) is 128 cm³/mol. The van der Waals surface area contributed by atoms with E-state index in [-0.39, 0.29) is 16.5 Å². The number of halogens is 2.